The lowest BCUT2D eigenvalue weighted by molar-refractivity contribution is -0.240. The summed E-state index contributed by atoms with van der Waals surface area (Å²) in [6.45, 7) is 3.10. The molecule has 2 aromatic carbocycles. The monoisotopic (exact) mass is 511 g/mol. The Morgan fingerprint density at radius 1 is 1.21 bits per heavy atom. The molecule has 1 atom stereocenters. The Morgan fingerprint density at radius 3 is 2.58 bits per heavy atom. The van der Waals surface area contributed by atoms with Gasteiger partial charge in [0.15, 0.2) is 17.4 Å². The van der Waals surface area contributed by atoms with Crippen LogP contribution in [0.3, 0.4) is 0 Å². The molecule has 0 aliphatic carbocycles. The first kappa shape index (κ1) is 22.7. The fourth-order valence-corrected chi connectivity index (χ4v) is 4.65. The SMILES string of the molecule is C#CCOc1c(Br)cc([C@@H](c2c[nH]c3ccccc23)C2C(=O)OC(C)(C)OC2=O)cc1OC. The quantitative estimate of drug-likeness (QED) is 0.297. The Kier molecular flexibility index (Phi) is 6.09. The standard InChI is InChI=1S/C25H22BrNO6/c1-5-10-31-22-17(26)11-14(12-19(22)30-4)20(16-13-27-18-9-7-6-8-15(16)18)21-23(28)32-25(2,3)33-24(21)29/h1,6-9,11-13,20-21,27H,10H2,2-4H3/t20-/m0/s1. The van der Waals surface area contributed by atoms with Crippen molar-refractivity contribution in [1.29, 1.82) is 0 Å². The molecule has 3 aromatic rings. The number of carbonyl (C=O) groups excluding carboxylic acids is 2. The number of hydrogen-bond acceptors (Lipinski definition) is 6. The number of carbonyl (C=O) groups is 2. The molecule has 1 aliphatic heterocycles. The number of terminal acetylenes is 1. The lowest BCUT2D eigenvalue weighted by Gasteiger charge is -2.36. The molecule has 1 saturated heterocycles. The highest BCUT2D eigenvalue weighted by atomic mass is 79.9. The minimum absolute atomic E-state index is 0.0521. The first-order chi connectivity index (χ1) is 15.8. The second-order valence-electron chi connectivity index (χ2n) is 8.01. The van der Waals surface area contributed by atoms with E-state index in [4.69, 9.17) is 25.4 Å². The number of benzene rings is 2. The van der Waals surface area contributed by atoms with Crippen molar-refractivity contribution in [3.63, 3.8) is 0 Å². The minimum atomic E-state index is -1.33. The highest BCUT2D eigenvalue weighted by Gasteiger charge is 2.49. The van der Waals surface area contributed by atoms with Crippen LogP contribution in [0.4, 0.5) is 0 Å². The van der Waals surface area contributed by atoms with E-state index in [0.29, 0.717) is 21.5 Å². The lowest BCUT2D eigenvalue weighted by Crippen LogP contribution is -2.48. The first-order valence-electron chi connectivity index (χ1n) is 10.2. The maximum Gasteiger partial charge on any atom is 0.324 e. The van der Waals surface area contributed by atoms with E-state index in [2.05, 4.69) is 26.8 Å². The van der Waals surface area contributed by atoms with Crippen LogP contribution in [0.5, 0.6) is 11.5 Å². The van der Waals surface area contributed by atoms with Gasteiger partial charge in [-0.25, -0.2) is 0 Å². The van der Waals surface area contributed by atoms with Crippen molar-refractivity contribution in [2.45, 2.75) is 25.6 Å². The van der Waals surface area contributed by atoms with Gasteiger partial charge in [0.2, 0.25) is 0 Å². The Labute approximate surface area is 199 Å². The first-order valence-corrected chi connectivity index (χ1v) is 11.0. The largest absolute Gasteiger partial charge is 0.493 e. The topological polar surface area (TPSA) is 86.9 Å². The van der Waals surface area contributed by atoms with Crippen LogP contribution in [0.1, 0.15) is 30.9 Å². The van der Waals surface area contributed by atoms with Crippen LogP contribution in [0.25, 0.3) is 10.9 Å². The molecule has 33 heavy (non-hydrogen) atoms. The average molecular weight is 512 g/mol. The number of halogens is 1. The zero-order chi connectivity index (χ0) is 23.8. The predicted molar refractivity (Wildman–Crippen MR) is 125 cm³/mol. The van der Waals surface area contributed by atoms with Crippen LogP contribution in [-0.2, 0) is 19.1 Å². The number of aromatic amines is 1. The van der Waals surface area contributed by atoms with Crippen LogP contribution < -0.4 is 9.47 Å². The molecule has 2 heterocycles. The number of H-pyrrole nitrogens is 1. The van der Waals surface area contributed by atoms with Crippen molar-refractivity contribution in [3.05, 3.63) is 58.2 Å². The van der Waals surface area contributed by atoms with Gasteiger partial charge in [-0.15, -0.1) is 6.42 Å². The lowest BCUT2D eigenvalue weighted by atomic mass is 9.80. The fraction of sp³-hybridized carbons (Fsp3) is 0.280. The Balaban J connectivity index is 1.91. The summed E-state index contributed by atoms with van der Waals surface area (Å²) in [5.74, 6) is -1.34. The average Bonchev–Trinajstić information content (AvgIpc) is 3.18. The predicted octanol–water partition coefficient (Wildman–Crippen LogP) is 4.54. The van der Waals surface area contributed by atoms with Gasteiger partial charge in [-0.3, -0.25) is 9.59 Å². The molecular weight excluding hydrogens is 490 g/mol. The highest BCUT2D eigenvalue weighted by Crippen LogP contribution is 2.45. The van der Waals surface area contributed by atoms with Crippen LogP contribution in [0.15, 0.2) is 47.1 Å². The van der Waals surface area contributed by atoms with E-state index in [0.717, 1.165) is 16.5 Å². The molecule has 0 radical (unpaired) electrons. The molecule has 0 spiro atoms. The zero-order valence-electron chi connectivity index (χ0n) is 18.3. The van der Waals surface area contributed by atoms with E-state index in [1.807, 2.05) is 24.3 Å². The molecule has 1 aliphatic rings. The Hall–Kier alpha value is -3.44. The molecule has 4 rings (SSSR count). The number of ether oxygens (including phenoxy) is 4. The van der Waals surface area contributed by atoms with Crippen molar-refractivity contribution in [2.75, 3.05) is 13.7 Å². The van der Waals surface area contributed by atoms with E-state index in [-0.39, 0.29) is 6.61 Å². The molecule has 1 aromatic heterocycles. The van der Waals surface area contributed by atoms with E-state index in [1.54, 1.807) is 18.3 Å². The summed E-state index contributed by atoms with van der Waals surface area (Å²) >= 11 is 3.51. The van der Waals surface area contributed by atoms with E-state index in [1.165, 1.54) is 21.0 Å². The van der Waals surface area contributed by atoms with Gasteiger partial charge in [-0.1, -0.05) is 24.1 Å². The van der Waals surface area contributed by atoms with Gasteiger partial charge < -0.3 is 23.9 Å². The summed E-state index contributed by atoms with van der Waals surface area (Å²) in [4.78, 5) is 29.4. The normalized spacial score (nSPS) is 16.6. The van der Waals surface area contributed by atoms with Crippen molar-refractivity contribution in [3.8, 4) is 23.8 Å². The number of methoxy groups -OCH3 is 1. The molecule has 7 nitrogen and oxygen atoms in total. The Morgan fingerprint density at radius 2 is 1.91 bits per heavy atom. The molecule has 8 heteroatoms. The third kappa shape index (κ3) is 4.29. The summed E-state index contributed by atoms with van der Waals surface area (Å²) in [6.07, 6.45) is 7.12. The number of cyclic esters (lactones) is 2. The van der Waals surface area contributed by atoms with Crippen molar-refractivity contribution >= 4 is 38.8 Å². The van der Waals surface area contributed by atoms with Crippen molar-refractivity contribution in [2.24, 2.45) is 5.92 Å². The van der Waals surface area contributed by atoms with Gasteiger partial charge in [0.1, 0.15) is 6.61 Å². The van der Waals surface area contributed by atoms with E-state index >= 15 is 0 Å². The molecular formula is C25H22BrNO6. The van der Waals surface area contributed by atoms with Gasteiger partial charge in [-0.2, -0.15) is 0 Å². The van der Waals surface area contributed by atoms with E-state index < -0.39 is 29.6 Å². The molecule has 170 valence electrons. The van der Waals surface area contributed by atoms with Gasteiger partial charge in [0.05, 0.1) is 11.6 Å². The third-order valence-electron chi connectivity index (χ3n) is 5.40. The Bertz CT molecular complexity index is 1250. The smallest absolute Gasteiger partial charge is 0.324 e. The third-order valence-corrected chi connectivity index (χ3v) is 5.99. The molecule has 0 unspecified atom stereocenters. The summed E-state index contributed by atoms with van der Waals surface area (Å²) in [5.41, 5.74) is 2.25. The van der Waals surface area contributed by atoms with Gasteiger partial charge in [0, 0.05) is 36.9 Å². The molecule has 0 saturated carbocycles. The van der Waals surface area contributed by atoms with Gasteiger partial charge in [-0.05, 0) is 45.3 Å². The molecule has 0 amide bonds. The van der Waals surface area contributed by atoms with E-state index in [9.17, 15) is 9.59 Å². The fourth-order valence-electron chi connectivity index (χ4n) is 4.08. The number of fused-ring (bicyclic) bond motifs is 1. The molecule has 0 bridgehead atoms. The number of nitrogens with one attached hydrogen (secondary N) is 1. The van der Waals surface area contributed by atoms with Crippen LogP contribution >= 0.6 is 15.9 Å². The van der Waals surface area contributed by atoms with Gasteiger partial charge >= 0.3 is 11.9 Å². The van der Waals surface area contributed by atoms with Crippen molar-refractivity contribution < 1.29 is 28.5 Å². The molecule has 1 fully saturated rings. The second kappa shape index (κ2) is 8.83. The summed E-state index contributed by atoms with van der Waals surface area (Å²) < 4.78 is 22.6. The maximum atomic E-state index is 13.1. The summed E-state index contributed by atoms with van der Waals surface area (Å²) in [5, 5.41) is 0.871. The van der Waals surface area contributed by atoms with Crippen LogP contribution in [-0.4, -0.2) is 36.4 Å². The summed E-state index contributed by atoms with van der Waals surface area (Å²) in [6, 6.07) is 11.1. The molecule has 1 N–H and O–H groups in total. The zero-order valence-corrected chi connectivity index (χ0v) is 19.9. The number of rotatable bonds is 6. The second-order valence-corrected chi connectivity index (χ2v) is 8.87. The summed E-state index contributed by atoms with van der Waals surface area (Å²) in [7, 11) is 1.50. The number of para-hydroxylation sites is 1. The maximum absolute atomic E-state index is 13.1. The number of esters is 2. The van der Waals surface area contributed by atoms with Crippen LogP contribution in [0.2, 0.25) is 0 Å². The van der Waals surface area contributed by atoms with Gasteiger partial charge in [0.25, 0.3) is 5.79 Å². The van der Waals surface area contributed by atoms with Crippen LogP contribution in [0, 0.1) is 18.3 Å². The van der Waals surface area contributed by atoms with Crippen molar-refractivity contribution in [1.82, 2.24) is 4.98 Å². The number of hydrogen-bond donors (Lipinski definition) is 1. The minimum Gasteiger partial charge on any atom is -0.493 e. The highest BCUT2D eigenvalue weighted by molar-refractivity contribution is 9.10. The number of aromatic nitrogens is 1.